The number of methoxy groups -OCH3 is 1. The van der Waals surface area contributed by atoms with E-state index in [1.54, 1.807) is 7.11 Å². The van der Waals surface area contributed by atoms with Crippen molar-refractivity contribution >= 4 is 46.3 Å². The van der Waals surface area contributed by atoms with Crippen LogP contribution in [0.2, 0.25) is 18.1 Å². The summed E-state index contributed by atoms with van der Waals surface area (Å²) < 4.78 is 12.8. The highest BCUT2D eigenvalue weighted by Gasteiger charge is 2.39. The zero-order chi connectivity index (χ0) is 16.3. The number of rotatable bonds is 5. The highest BCUT2D eigenvalue weighted by molar-refractivity contribution is 9.10. The van der Waals surface area contributed by atoms with Crippen LogP contribution in [0.5, 0.6) is 11.5 Å². The molecule has 0 bridgehead atoms. The Labute approximate surface area is 146 Å². The second kappa shape index (κ2) is 7.33. The van der Waals surface area contributed by atoms with Gasteiger partial charge in [-0.25, -0.2) is 0 Å². The summed E-state index contributed by atoms with van der Waals surface area (Å²) in [7, 11) is -0.201. The average Bonchev–Trinajstić information content (AvgIpc) is 2.36. The first kappa shape index (κ1) is 18.8. The van der Waals surface area contributed by atoms with Crippen molar-refractivity contribution < 1.29 is 9.16 Å². The number of hydrogen-bond acceptors (Lipinski definition) is 2. The van der Waals surface area contributed by atoms with E-state index in [2.05, 4.69) is 77.9 Å². The maximum atomic E-state index is 6.46. The van der Waals surface area contributed by atoms with E-state index in [-0.39, 0.29) is 5.04 Å². The van der Waals surface area contributed by atoms with Gasteiger partial charge in [-0.3, -0.25) is 0 Å². The SMILES string of the molecule is COc1cc(C=CCBr)c(O[Si](C)(C)C(C)(C)C)cc1Br. The Morgan fingerprint density at radius 2 is 1.81 bits per heavy atom. The number of alkyl halides is 1. The Balaban J connectivity index is 3.27. The van der Waals surface area contributed by atoms with Gasteiger partial charge in [0.25, 0.3) is 8.32 Å². The molecule has 0 aromatic heterocycles. The summed E-state index contributed by atoms with van der Waals surface area (Å²) in [5.41, 5.74) is 1.04. The molecule has 0 saturated heterocycles. The molecule has 0 aliphatic rings. The fourth-order valence-corrected chi connectivity index (χ4v) is 3.23. The van der Waals surface area contributed by atoms with Gasteiger partial charge in [0.2, 0.25) is 0 Å². The van der Waals surface area contributed by atoms with Crippen molar-refractivity contribution in [2.24, 2.45) is 0 Å². The summed E-state index contributed by atoms with van der Waals surface area (Å²) >= 11 is 6.96. The standard InChI is InChI=1S/C16H24Br2O2Si/c1-16(2,3)21(5,6)20-14-11-13(18)15(19-4)10-12(14)8-7-9-17/h7-8,10-11H,9H2,1-6H3. The lowest BCUT2D eigenvalue weighted by molar-refractivity contribution is 0.410. The third-order valence-corrected chi connectivity index (χ3v) is 9.18. The smallest absolute Gasteiger partial charge is 0.250 e. The highest BCUT2D eigenvalue weighted by atomic mass is 79.9. The predicted molar refractivity (Wildman–Crippen MR) is 101 cm³/mol. The topological polar surface area (TPSA) is 18.5 Å². The van der Waals surface area contributed by atoms with E-state index < -0.39 is 8.32 Å². The third kappa shape index (κ3) is 4.86. The number of hydrogen-bond donors (Lipinski definition) is 0. The average molecular weight is 436 g/mol. The fraction of sp³-hybridized carbons (Fsp3) is 0.500. The van der Waals surface area contributed by atoms with Gasteiger partial charge < -0.3 is 9.16 Å². The molecular weight excluding hydrogens is 412 g/mol. The maximum absolute atomic E-state index is 6.46. The minimum atomic E-state index is -1.87. The van der Waals surface area contributed by atoms with Crippen molar-refractivity contribution in [3.05, 3.63) is 28.2 Å². The second-order valence-corrected chi connectivity index (χ2v) is 12.7. The second-order valence-electron chi connectivity index (χ2n) is 6.44. The highest BCUT2D eigenvalue weighted by Crippen LogP contribution is 2.40. The van der Waals surface area contributed by atoms with Gasteiger partial charge in [0.05, 0.1) is 11.6 Å². The number of halogens is 2. The van der Waals surface area contributed by atoms with Crippen LogP contribution in [-0.4, -0.2) is 20.8 Å². The van der Waals surface area contributed by atoms with E-state index in [9.17, 15) is 0 Å². The van der Waals surface area contributed by atoms with Crippen LogP contribution < -0.4 is 9.16 Å². The Hall–Kier alpha value is -0.263. The van der Waals surface area contributed by atoms with Crippen molar-refractivity contribution in [3.8, 4) is 11.5 Å². The first-order chi connectivity index (χ1) is 9.62. The van der Waals surface area contributed by atoms with Gasteiger partial charge in [0, 0.05) is 10.9 Å². The normalized spacial score (nSPS) is 12.8. The molecule has 118 valence electrons. The molecule has 0 unspecified atom stereocenters. The monoisotopic (exact) mass is 434 g/mol. The maximum Gasteiger partial charge on any atom is 0.250 e. The van der Waals surface area contributed by atoms with Gasteiger partial charge in [0.15, 0.2) is 0 Å². The van der Waals surface area contributed by atoms with E-state index in [1.165, 1.54) is 0 Å². The molecule has 21 heavy (non-hydrogen) atoms. The van der Waals surface area contributed by atoms with Gasteiger partial charge in [-0.1, -0.05) is 48.9 Å². The van der Waals surface area contributed by atoms with Gasteiger partial charge >= 0.3 is 0 Å². The number of allylic oxidation sites excluding steroid dienone is 1. The first-order valence-electron chi connectivity index (χ1n) is 6.91. The van der Waals surface area contributed by atoms with E-state index >= 15 is 0 Å². The van der Waals surface area contributed by atoms with Gasteiger partial charge in [-0.05, 0) is 46.2 Å². The Bertz CT molecular complexity index is 520. The molecule has 5 heteroatoms. The van der Waals surface area contributed by atoms with Crippen molar-refractivity contribution in [1.29, 1.82) is 0 Å². The first-order valence-corrected chi connectivity index (χ1v) is 11.7. The zero-order valence-corrected chi connectivity index (χ0v) is 17.8. The minimum absolute atomic E-state index is 0.163. The Kier molecular flexibility index (Phi) is 6.56. The molecular formula is C16H24Br2O2Si. The molecule has 1 aromatic rings. The lowest BCUT2D eigenvalue weighted by Gasteiger charge is -2.37. The van der Waals surface area contributed by atoms with Crippen LogP contribution in [-0.2, 0) is 0 Å². The van der Waals surface area contributed by atoms with Crippen LogP contribution in [0.15, 0.2) is 22.7 Å². The summed E-state index contributed by atoms with van der Waals surface area (Å²) in [5.74, 6) is 1.72. The minimum Gasteiger partial charge on any atom is -0.543 e. The molecule has 0 N–H and O–H groups in total. The van der Waals surface area contributed by atoms with E-state index in [0.29, 0.717) is 0 Å². The molecule has 0 saturated carbocycles. The molecule has 0 aliphatic carbocycles. The van der Waals surface area contributed by atoms with Gasteiger partial charge in [-0.15, -0.1) is 0 Å². The van der Waals surface area contributed by atoms with Crippen LogP contribution in [0.1, 0.15) is 26.3 Å². The third-order valence-electron chi connectivity index (χ3n) is 3.84. The molecule has 0 aliphatic heterocycles. The van der Waals surface area contributed by atoms with Crippen LogP contribution in [0, 0.1) is 0 Å². The van der Waals surface area contributed by atoms with Crippen LogP contribution >= 0.6 is 31.9 Å². The van der Waals surface area contributed by atoms with E-state index in [0.717, 1.165) is 26.9 Å². The summed E-state index contributed by atoms with van der Waals surface area (Å²) in [5, 5.41) is 0.973. The van der Waals surface area contributed by atoms with Crippen molar-refractivity contribution in [3.63, 3.8) is 0 Å². The molecule has 0 fully saturated rings. The predicted octanol–water partition coefficient (Wildman–Crippen LogP) is 6.25. The molecule has 0 heterocycles. The quantitative estimate of drug-likeness (QED) is 0.401. The lowest BCUT2D eigenvalue weighted by atomic mass is 10.2. The van der Waals surface area contributed by atoms with Crippen LogP contribution in [0.25, 0.3) is 6.08 Å². The number of ether oxygens (including phenoxy) is 1. The molecule has 2 nitrogen and oxygen atoms in total. The van der Waals surface area contributed by atoms with Crippen molar-refractivity contribution in [1.82, 2.24) is 0 Å². The molecule has 0 radical (unpaired) electrons. The Morgan fingerprint density at radius 3 is 2.29 bits per heavy atom. The van der Waals surface area contributed by atoms with Gasteiger partial charge in [0.1, 0.15) is 11.5 Å². The summed E-state index contributed by atoms with van der Waals surface area (Å²) in [4.78, 5) is 0. The molecule has 0 atom stereocenters. The molecule has 0 spiro atoms. The van der Waals surface area contributed by atoms with Crippen molar-refractivity contribution in [2.45, 2.75) is 38.9 Å². The zero-order valence-electron chi connectivity index (χ0n) is 13.6. The fourth-order valence-electron chi connectivity index (χ4n) is 1.53. The van der Waals surface area contributed by atoms with Crippen molar-refractivity contribution in [2.75, 3.05) is 12.4 Å². The van der Waals surface area contributed by atoms with Crippen LogP contribution in [0.4, 0.5) is 0 Å². The summed E-state index contributed by atoms with van der Waals surface area (Å²) in [6.45, 7) is 11.2. The molecule has 0 amide bonds. The lowest BCUT2D eigenvalue weighted by Crippen LogP contribution is -2.44. The summed E-state index contributed by atoms with van der Waals surface area (Å²) in [6, 6.07) is 4.01. The largest absolute Gasteiger partial charge is 0.543 e. The Morgan fingerprint density at radius 1 is 1.19 bits per heavy atom. The number of benzene rings is 1. The summed E-state index contributed by atoms with van der Waals surface area (Å²) in [6.07, 6.45) is 4.12. The van der Waals surface area contributed by atoms with Crippen LogP contribution in [0.3, 0.4) is 0 Å². The van der Waals surface area contributed by atoms with E-state index in [4.69, 9.17) is 9.16 Å². The molecule has 1 aromatic carbocycles. The van der Waals surface area contributed by atoms with Gasteiger partial charge in [-0.2, -0.15) is 0 Å². The van der Waals surface area contributed by atoms with E-state index in [1.807, 2.05) is 12.1 Å². The molecule has 1 rings (SSSR count).